The molecule has 0 saturated carbocycles. The number of nitro groups is 1. The number of halogens is 1. The topological polar surface area (TPSA) is 147 Å². The standard InChI is InChI=1S/C31H22FN3O7/c32-21-6-4-19(5-7-21)17-39-24-3-1-2-20(14-24)30-26-13-12-25(15-28(26)42-31(34)27(30)16-33)41-29(36)18-40-23-10-8-22(9-11-23)35(37)38/h1-15,30H,17-18,34H2. The fraction of sp³-hybridized carbons (Fsp3) is 0.0968. The fourth-order valence-electron chi connectivity index (χ4n) is 4.34. The Morgan fingerprint density at radius 3 is 2.43 bits per heavy atom. The third kappa shape index (κ3) is 6.29. The smallest absolute Gasteiger partial charge is 0.349 e. The van der Waals surface area contributed by atoms with E-state index < -0.39 is 23.4 Å². The van der Waals surface area contributed by atoms with Crippen LogP contribution in [0.4, 0.5) is 10.1 Å². The number of esters is 1. The van der Waals surface area contributed by atoms with Crippen molar-refractivity contribution < 1.29 is 33.1 Å². The first kappa shape index (κ1) is 27.7. The lowest BCUT2D eigenvalue weighted by Gasteiger charge is -2.27. The maximum atomic E-state index is 13.2. The van der Waals surface area contributed by atoms with E-state index in [-0.39, 0.29) is 41.1 Å². The number of nitrogens with two attached hydrogens (primary N) is 1. The molecule has 0 aliphatic carbocycles. The molecule has 5 rings (SSSR count). The lowest BCUT2D eigenvalue weighted by Crippen LogP contribution is -2.21. The summed E-state index contributed by atoms with van der Waals surface area (Å²) in [5, 5.41) is 20.7. The summed E-state index contributed by atoms with van der Waals surface area (Å²) in [6.07, 6.45) is 0. The van der Waals surface area contributed by atoms with Gasteiger partial charge in [0.05, 0.1) is 10.8 Å². The van der Waals surface area contributed by atoms with Gasteiger partial charge in [0.2, 0.25) is 5.88 Å². The molecule has 0 amide bonds. The summed E-state index contributed by atoms with van der Waals surface area (Å²) < 4.78 is 35.5. The first-order valence-corrected chi connectivity index (χ1v) is 12.6. The van der Waals surface area contributed by atoms with Gasteiger partial charge >= 0.3 is 5.97 Å². The molecule has 1 heterocycles. The highest BCUT2D eigenvalue weighted by molar-refractivity contribution is 5.74. The van der Waals surface area contributed by atoms with Gasteiger partial charge in [-0.3, -0.25) is 10.1 Å². The summed E-state index contributed by atoms with van der Waals surface area (Å²) in [4.78, 5) is 22.6. The summed E-state index contributed by atoms with van der Waals surface area (Å²) in [6.45, 7) is -0.219. The van der Waals surface area contributed by atoms with Crippen LogP contribution in [0.3, 0.4) is 0 Å². The van der Waals surface area contributed by atoms with Crippen molar-refractivity contribution in [2.45, 2.75) is 12.5 Å². The zero-order chi connectivity index (χ0) is 29.6. The molecule has 0 bridgehead atoms. The van der Waals surface area contributed by atoms with Crippen LogP contribution >= 0.6 is 0 Å². The van der Waals surface area contributed by atoms with Crippen LogP contribution in [0, 0.1) is 27.3 Å². The number of fused-ring (bicyclic) bond motifs is 1. The second-order valence-corrected chi connectivity index (χ2v) is 9.13. The van der Waals surface area contributed by atoms with Gasteiger partial charge in [-0.2, -0.15) is 5.26 Å². The van der Waals surface area contributed by atoms with E-state index >= 15 is 0 Å². The number of nitriles is 1. The van der Waals surface area contributed by atoms with E-state index in [1.807, 2.05) is 6.07 Å². The van der Waals surface area contributed by atoms with E-state index in [1.54, 1.807) is 42.5 Å². The highest BCUT2D eigenvalue weighted by Gasteiger charge is 2.31. The molecule has 0 aromatic heterocycles. The van der Waals surface area contributed by atoms with Crippen LogP contribution in [0.1, 0.15) is 22.6 Å². The third-order valence-electron chi connectivity index (χ3n) is 6.34. The van der Waals surface area contributed by atoms with E-state index in [0.717, 1.165) is 11.1 Å². The van der Waals surface area contributed by atoms with E-state index in [2.05, 4.69) is 6.07 Å². The minimum atomic E-state index is -0.715. The maximum Gasteiger partial charge on any atom is 0.349 e. The van der Waals surface area contributed by atoms with Crippen LogP contribution in [0.5, 0.6) is 23.0 Å². The Balaban J connectivity index is 1.31. The molecular formula is C31H22FN3O7. The minimum Gasteiger partial charge on any atom is -0.489 e. The van der Waals surface area contributed by atoms with Gasteiger partial charge < -0.3 is 24.7 Å². The number of carbonyl (C=O) groups is 1. The Morgan fingerprint density at radius 2 is 1.71 bits per heavy atom. The van der Waals surface area contributed by atoms with Gasteiger partial charge in [-0.15, -0.1) is 0 Å². The summed E-state index contributed by atoms with van der Waals surface area (Å²) in [7, 11) is 0. The van der Waals surface area contributed by atoms with Crippen LogP contribution in [-0.2, 0) is 11.4 Å². The molecule has 42 heavy (non-hydrogen) atoms. The highest BCUT2D eigenvalue weighted by atomic mass is 19.1. The van der Waals surface area contributed by atoms with Crippen molar-refractivity contribution in [2.24, 2.45) is 5.73 Å². The molecule has 1 atom stereocenters. The maximum absolute atomic E-state index is 13.2. The fourth-order valence-corrected chi connectivity index (χ4v) is 4.34. The summed E-state index contributed by atoms with van der Waals surface area (Å²) in [5.41, 5.74) is 8.35. The van der Waals surface area contributed by atoms with E-state index in [9.17, 15) is 24.6 Å². The number of allylic oxidation sites excluding steroid dienone is 1. The van der Waals surface area contributed by atoms with Gasteiger partial charge in [-0.25, -0.2) is 9.18 Å². The van der Waals surface area contributed by atoms with Gasteiger partial charge in [0, 0.05) is 23.8 Å². The number of nitro benzene ring substituents is 1. The Kier molecular flexibility index (Phi) is 7.97. The van der Waals surface area contributed by atoms with Crippen LogP contribution in [0.15, 0.2) is 102 Å². The Hall–Kier alpha value is -5.89. The number of rotatable bonds is 9. The Labute approximate surface area is 239 Å². The van der Waals surface area contributed by atoms with Crippen molar-refractivity contribution in [3.63, 3.8) is 0 Å². The molecule has 1 aliphatic rings. The highest BCUT2D eigenvalue weighted by Crippen LogP contribution is 2.44. The molecule has 1 aliphatic heterocycles. The zero-order valence-electron chi connectivity index (χ0n) is 21.9. The number of nitrogens with zero attached hydrogens (tertiary/aromatic N) is 2. The Bertz CT molecular complexity index is 1710. The molecule has 0 saturated heterocycles. The SMILES string of the molecule is N#CC1=C(N)Oc2cc(OC(=O)COc3ccc([N+](=O)[O-])cc3)ccc2C1c1cccc(OCc2ccc(F)cc2)c1. The average molecular weight is 568 g/mol. The molecule has 1 unspecified atom stereocenters. The van der Waals surface area contributed by atoms with Gasteiger partial charge in [0.1, 0.15) is 47.1 Å². The molecule has 4 aromatic rings. The van der Waals surface area contributed by atoms with Crippen LogP contribution < -0.4 is 24.7 Å². The van der Waals surface area contributed by atoms with Crippen LogP contribution in [0.2, 0.25) is 0 Å². The van der Waals surface area contributed by atoms with Crippen molar-refractivity contribution in [1.82, 2.24) is 0 Å². The molecule has 0 spiro atoms. The van der Waals surface area contributed by atoms with Crippen LogP contribution in [-0.4, -0.2) is 17.5 Å². The van der Waals surface area contributed by atoms with E-state index in [4.69, 9.17) is 24.7 Å². The van der Waals surface area contributed by atoms with Gasteiger partial charge in [-0.1, -0.05) is 30.3 Å². The van der Waals surface area contributed by atoms with Crippen molar-refractivity contribution in [3.05, 3.63) is 135 Å². The molecule has 0 radical (unpaired) electrons. The predicted octanol–water partition coefficient (Wildman–Crippen LogP) is 5.52. The summed E-state index contributed by atoms with van der Waals surface area (Å²) in [5.74, 6) is -0.445. The first-order valence-electron chi connectivity index (χ1n) is 12.6. The first-order chi connectivity index (χ1) is 20.3. The molecule has 10 nitrogen and oxygen atoms in total. The number of hydrogen-bond acceptors (Lipinski definition) is 9. The van der Waals surface area contributed by atoms with Crippen molar-refractivity contribution in [3.8, 4) is 29.1 Å². The summed E-state index contributed by atoms with van der Waals surface area (Å²) >= 11 is 0. The quantitative estimate of drug-likeness (QED) is 0.120. The summed E-state index contributed by atoms with van der Waals surface area (Å²) in [6, 6.07) is 25.3. The molecule has 2 N–H and O–H groups in total. The second kappa shape index (κ2) is 12.1. The largest absolute Gasteiger partial charge is 0.489 e. The lowest BCUT2D eigenvalue weighted by atomic mass is 9.83. The van der Waals surface area contributed by atoms with Crippen molar-refractivity contribution >= 4 is 11.7 Å². The van der Waals surface area contributed by atoms with Crippen molar-refractivity contribution in [1.29, 1.82) is 5.26 Å². The molecular weight excluding hydrogens is 545 g/mol. The van der Waals surface area contributed by atoms with Gasteiger partial charge in [-0.05, 0) is 53.6 Å². The normalized spacial score (nSPS) is 13.8. The average Bonchev–Trinajstić information content (AvgIpc) is 2.99. The number of non-ortho nitro benzene ring substituents is 1. The molecule has 0 fully saturated rings. The number of ether oxygens (including phenoxy) is 4. The van der Waals surface area contributed by atoms with E-state index in [0.29, 0.717) is 17.1 Å². The lowest BCUT2D eigenvalue weighted by molar-refractivity contribution is -0.384. The molecule has 4 aromatic carbocycles. The van der Waals surface area contributed by atoms with Crippen LogP contribution in [0.25, 0.3) is 0 Å². The van der Waals surface area contributed by atoms with E-state index in [1.165, 1.54) is 42.5 Å². The third-order valence-corrected chi connectivity index (χ3v) is 6.34. The Morgan fingerprint density at radius 1 is 0.976 bits per heavy atom. The second-order valence-electron chi connectivity index (χ2n) is 9.13. The van der Waals surface area contributed by atoms with Gasteiger partial charge in [0.25, 0.3) is 5.69 Å². The van der Waals surface area contributed by atoms with Crippen molar-refractivity contribution in [2.75, 3.05) is 6.61 Å². The molecule has 210 valence electrons. The van der Waals surface area contributed by atoms with Gasteiger partial charge in [0.15, 0.2) is 6.61 Å². The molecule has 11 heteroatoms. The minimum absolute atomic E-state index is 0.0855. The number of carbonyl (C=O) groups excluding carboxylic acids is 1. The predicted molar refractivity (Wildman–Crippen MR) is 147 cm³/mol. The zero-order valence-corrected chi connectivity index (χ0v) is 21.9. The number of benzene rings is 4. The number of hydrogen-bond donors (Lipinski definition) is 1. The monoisotopic (exact) mass is 567 g/mol.